The number of ketones is 1. The zero-order valence-electron chi connectivity index (χ0n) is 10.4. The van der Waals surface area contributed by atoms with E-state index >= 15 is 0 Å². The van der Waals surface area contributed by atoms with E-state index in [2.05, 4.69) is 0 Å². The Morgan fingerprint density at radius 1 is 1.18 bits per heavy atom. The molecule has 0 unspecified atom stereocenters. The number of carbonyl (C=O) groups is 1. The van der Waals surface area contributed by atoms with Crippen LogP contribution in [-0.2, 0) is 0 Å². The van der Waals surface area contributed by atoms with Gasteiger partial charge in [0.05, 0.1) is 0 Å². The molecule has 1 aromatic rings. The van der Waals surface area contributed by atoms with Crippen molar-refractivity contribution in [2.75, 3.05) is 13.2 Å². The number of fused-ring (bicyclic) bond motifs is 1. The molecule has 3 nitrogen and oxygen atoms in total. The second kappa shape index (κ2) is 5.21. The number of benzene rings is 1. The highest BCUT2D eigenvalue weighted by molar-refractivity contribution is 5.98. The van der Waals surface area contributed by atoms with Gasteiger partial charge in [-0.15, -0.1) is 0 Å². The van der Waals surface area contributed by atoms with Crippen molar-refractivity contribution in [3.8, 4) is 11.5 Å². The van der Waals surface area contributed by atoms with E-state index in [4.69, 9.17) is 9.47 Å². The highest BCUT2D eigenvalue weighted by Crippen LogP contribution is 2.31. The van der Waals surface area contributed by atoms with Gasteiger partial charge in [0.15, 0.2) is 17.3 Å². The Morgan fingerprint density at radius 3 is 2.47 bits per heavy atom. The molecule has 1 aromatic carbocycles. The molecule has 0 aliphatic carbocycles. The van der Waals surface area contributed by atoms with Crippen LogP contribution in [0.15, 0.2) is 18.2 Å². The molecule has 17 heavy (non-hydrogen) atoms. The lowest BCUT2D eigenvalue weighted by atomic mass is 9.93. The van der Waals surface area contributed by atoms with Gasteiger partial charge in [-0.25, -0.2) is 0 Å². The van der Waals surface area contributed by atoms with Gasteiger partial charge in [-0.1, -0.05) is 13.8 Å². The third-order valence-electron chi connectivity index (χ3n) is 3.18. The molecule has 3 heteroatoms. The maximum Gasteiger partial charge on any atom is 0.166 e. The highest BCUT2D eigenvalue weighted by atomic mass is 16.6. The van der Waals surface area contributed by atoms with Gasteiger partial charge in [0.2, 0.25) is 0 Å². The third kappa shape index (κ3) is 2.43. The SMILES string of the molecule is CCC(CC)C(=O)c1ccc2c(c1)OCCO2. The summed E-state index contributed by atoms with van der Waals surface area (Å²) in [7, 11) is 0. The number of rotatable bonds is 4. The van der Waals surface area contributed by atoms with E-state index in [1.54, 1.807) is 6.07 Å². The van der Waals surface area contributed by atoms with Crippen molar-refractivity contribution in [2.45, 2.75) is 26.7 Å². The van der Waals surface area contributed by atoms with E-state index in [0.717, 1.165) is 24.2 Å². The van der Waals surface area contributed by atoms with Crippen LogP contribution in [-0.4, -0.2) is 19.0 Å². The first-order chi connectivity index (χ1) is 8.26. The summed E-state index contributed by atoms with van der Waals surface area (Å²) in [5.74, 6) is 1.73. The Balaban J connectivity index is 2.24. The molecule has 0 saturated heterocycles. The Morgan fingerprint density at radius 2 is 1.82 bits per heavy atom. The summed E-state index contributed by atoms with van der Waals surface area (Å²) in [6.07, 6.45) is 1.76. The van der Waals surface area contributed by atoms with E-state index in [1.165, 1.54) is 0 Å². The first kappa shape index (κ1) is 12.0. The topological polar surface area (TPSA) is 35.5 Å². The Bertz CT molecular complexity index is 408. The second-order valence-electron chi connectivity index (χ2n) is 4.24. The lowest BCUT2D eigenvalue weighted by molar-refractivity contribution is 0.0912. The molecule has 0 spiro atoms. The van der Waals surface area contributed by atoms with Crippen molar-refractivity contribution in [1.82, 2.24) is 0 Å². The Kier molecular flexibility index (Phi) is 3.67. The smallest absolute Gasteiger partial charge is 0.166 e. The molecular weight excluding hydrogens is 216 g/mol. The van der Waals surface area contributed by atoms with E-state index in [-0.39, 0.29) is 11.7 Å². The average molecular weight is 234 g/mol. The van der Waals surface area contributed by atoms with Crippen LogP contribution in [0, 0.1) is 5.92 Å². The van der Waals surface area contributed by atoms with Crippen LogP contribution in [0.4, 0.5) is 0 Å². The molecular formula is C14H18O3. The van der Waals surface area contributed by atoms with Gasteiger partial charge in [0.25, 0.3) is 0 Å². The van der Waals surface area contributed by atoms with Crippen LogP contribution in [0.3, 0.4) is 0 Å². The van der Waals surface area contributed by atoms with Gasteiger partial charge in [0.1, 0.15) is 13.2 Å². The van der Waals surface area contributed by atoms with E-state index in [9.17, 15) is 4.79 Å². The number of carbonyl (C=O) groups excluding carboxylic acids is 1. The van der Waals surface area contributed by atoms with Crippen molar-refractivity contribution in [3.63, 3.8) is 0 Å². The molecule has 1 heterocycles. The Hall–Kier alpha value is -1.51. The maximum absolute atomic E-state index is 12.2. The molecule has 0 atom stereocenters. The largest absolute Gasteiger partial charge is 0.486 e. The normalized spacial score (nSPS) is 13.8. The van der Waals surface area contributed by atoms with Gasteiger partial charge < -0.3 is 9.47 Å². The zero-order valence-corrected chi connectivity index (χ0v) is 10.4. The fraction of sp³-hybridized carbons (Fsp3) is 0.500. The van der Waals surface area contributed by atoms with Gasteiger partial charge in [-0.2, -0.15) is 0 Å². The van der Waals surface area contributed by atoms with Crippen molar-refractivity contribution in [1.29, 1.82) is 0 Å². The average Bonchev–Trinajstić information content (AvgIpc) is 2.39. The first-order valence-electron chi connectivity index (χ1n) is 6.20. The number of hydrogen-bond donors (Lipinski definition) is 0. The minimum Gasteiger partial charge on any atom is -0.486 e. The van der Waals surface area contributed by atoms with Crippen LogP contribution < -0.4 is 9.47 Å². The van der Waals surface area contributed by atoms with Crippen molar-refractivity contribution in [2.24, 2.45) is 5.92 Å². The van der Waals surface area contributed by atoms with Crippen LogP contribution in [0.1, 0.15) is 37.0 Å². The molecule has 0 bridgehead atoms. The van der Waals surface area contributed by atoms with E-state index in [0.29, 0.717) is 19.0 Å². The van der Waals surface area contributed by atoms with Gasteiger partial charge in [0, 0.05) is 11.5 Å². The summed E-state index contributed by atoms with van der Waals surface area (Å²) in [5.41, 5.74) is 0.725. The molecule has 0 fully saturated rings. The van der Waals surface area contributed by atoms with Crippen molar-refractivity contribution >= 4 is 5.78 Å². The van der Waals surface area contributed by atoms with Crippen molar-refractivity contribution < 1.29 is 14.3 Å². The highest BCUT2D eigenvalue weighted by Gasteiger charge is 2.19. The summed E-state index contributed by atoms with van der Waals surface area (Å²) < 4.78 is 10.9. The van der Waals surface area contributed by atoms with Crippen LogP contribution in [0.25, 0.3) is 0 Å². The molecule has 92 valence electrons. The third-order valence-corrected chi connectivity index (χ3v) is 3.18. The van der Waals surface area contributed by atoms with Crippen molar-refractivity contribution in [3.05, 3.63) is 23.8 Å². The molecule has 0 amide bonds. The zero-order chi connectivity index (χ0) is 12.3. The fourth-order valence-electron chi connectivity index (χ4n) is 2.09. The number of ether oxygens (including phenoxy) is 2. The summed E-state index contributed by atoms with van der Waals surface area (Å²) in [5, 5.41) is 0. The minimum atomic E-state index is 0.109. The van der Waals surface area contributed by atoms with Gasteiger partial charge in [-0.05, 0) is 31.0 Å². The summed E-state index contributed by atoms with van der Waals surface area (Å²) in [6, 6.07) is 5.45. The standard InChI is InChI=1S/C14H18O3/c1-3-10(4-2)14(15)11-5-6-12-13(9-11)17-8-7-16-12/h5-6,9-10H,3-4,7-8H2,1-2H3. The molecule has 0 aromatic heterocycles. The molecule has 0 radical (unpaired) electrons. The molecule has 0 saturated carbocycles. The maximum atomic E-state index is 12.2. The molecule has 2 rings (SSSR count). The lowest BCUT2D eigenvalue weighted by Gasteiger charge is -2.19. The first-order valence-corrected chi connectivity index (χ1v) is 6.20. The fourth-order valence-corrected chi connectivity index (χ4v) is 2.09. The van der Waals surface area contributed by atoms with E-state index in [1.807, 2.05) is 26.0 Å². The van der Waals surface area contributed by atoms with Crippen LogP contribution in [0.5, 0.6) is 11.5 Å². The second-order valence-corrected chi connectivity index (χ2v) is 4.24. The van der Waals surface area contributed by atoms with Gasteiger partial charge >= 0.3 is 0 Å². The number of hydrogen-bond acceptors (Lipinski definition) is 3. The van der Waals surface area contributed by atoms with E-state index < -0.39 is 0 Å². The lowest BCUT2D eigenvalue weighted by Crippen LogP contribution is -2.17. The monoisotopic (exact) mass is 234 g/mol. The van der Waals surface area contributed by atoms with Crippen LogP contribution >= 0.6 is 0 Å². The van der Waals surface area contributed by atoms with Gasteiger partial charge in [-0.3, -0.25) is 4.79 Å². The molecule has 0 N–H and O–H groups in total. The summed E-state index contributed by atoms with van der Waals surface area (Å²) in [6.45, 7) is 5.22. The number of Topliss-reactive ketones (excluding diaryl/α,β-unsaturated/α-hetero) is 1. The quantitative estimate of drug-likeness (QED) is 0.751. The summed E-state index contributed by atoms with van der Waals surface area (Å²) >= 11 is 0. The van der Waals surface area contributed by atoms with Crippen LogP contribution in [0.2, 0.25) is 0 Å². The Labute approximate surface area is 102 Å². The summed E-state index contributed by atoms with van der Waals surface area (Å²) in [4.78, 5) is 12.2. The minimum absolute atomic E-state index is 0.109. The predicted octanol–water partition coefficient (Wildman–Crippen LogP) is 3.08. The molecule has 1 aliphatic rings. The predicted molar refractivity (Wildman–Crippen MR) is 65.8 cm³/mol. The molecule has 1 aliphatic heterocycles.